The van der Waals surface area contributed by atoms with E-state index in [1.165, 1.54) is 12.3 Å². The van der Waals surface area contributed by atoms with Crippen LogP contribution < -0.4 is 10.1 Å². The zero-order valence-electron chi connectivity index (χ0n) is 15.3. The van der Waals surface area contributed by atoms with Crippen LogP contribution in [0.4, 0.5) is 0 Å². The van der Waals surface area contributed by atoms with Gasteiger partial charge in [-0.05, 0) is 36.8 Å². The molecular weight excluding hydrogens is 397 g/mol. The molecule has 7 heteroatoms. The van der Waals surface area contributed by atoms with Crippen LogP contribution in [0.1, 0.15) is 30.1 Å². The molecule has 1 amide bonds. The highest BCUT2D eigenvalue weighted by Gasteiger charge is 2.09. The maximum atomic E-state index is 12.5. The SMILES string of the molecule is CCCCOc1c/c(=N\C(=O)c2ccc(Cl)c(Cl)c2)cnn1-c1ccccc1. The zero-order chi connectivity index (χ0) is 19.9. The van der Waals surface area contributed by atoms with Crippen molar-refractivity contribution in [2.24, 2.45) is 4.99 Å². The van der Waals surface area contributed by atoms with Crippen LogP contribution >= 0.6 is 23.2 Å². The molecule has 0 spiro atoms. The number of carbonyl (C=O) groups is 1. The van der Waals surface area contributed by atoms with Crippen LogP contribution in [0.2, 0.25) is 10.0 Å². The summed E-state index contributed by atoms with van der Waals surface area (Å²) >= 11 is 11.9. The third kappa shape index (κ3) is 5.00. The summed E-state index contributed by atoms with van der Waals surface area (Å²) in [5, 5.41) is 5.49. The molecule has 0 atom stereocenters. The Bertz CT molecular complexity index is 1030. The molecule has 144 valence electrons. The molecule has 0 bridgehead atoms. The molecule has 0 aliphatic rings. The first kappa shape index (κ1) is 20.1. The summed E-state index contributed by atoms with van der Waals surface area (Å²) in [7, 11) is 0. The topological polar surface area (TPSA) is 56.5 Å². The Morgan fingerprint density at radius 3 is 2.61 bits per heavy atom. The lowest BCUT2D eigenvalue weighted by atomic mass is 10.2. The van der Waals surface area contributed by atoms with Crippen molar-refractivity contribution in [2.45, 2.75) is 19.8 Å². The molecular formula is C21H19Cl2N3O2. The number of rotatable bonds is 6. The average molecular weight is 416 g/mol. The molecule has 0 radical (unpaired) electrons. The van der Waals surface area contributed by atoms with Gasteiger partial charge in [-0.25, -0.2) is 9.67 Å². The molecule has 2 aromatic carbocycles. The maximum absolute atomic E-state index is 12.5. The zero-order valence-corrected chi connectivity index (χ0v) is 16.8. The first-order valence-electron chi connectivity index (χ1n) is 8.90. The number of ether oxygens (including phenoxy) is 1. The Hall–Kier alpha value is -2.63. The predicted octanol–water partition coefficient (Wildman–Crippen LogP) is 5.10. The summed E-state index contributed by atoms with van der Waals surface area (Å²) in [6.07, 6.45) is 3.45. The summed E-state index contributed by atoms with van der Waals surface area (Å²) < 4.78 is 7.56. The number of benzene rings is 2. The van der Waals surface area contributed by atoms with Crippen molar-refractivity contribution in [2.75, 3.05) is 6.61 Å². The fraction of sp³-hybridized carbons (Fsp3) is 0.190. The van der Waals surface area contributed by atoms with E-state index in [2.05, 4.69) is 17.0 Å². The molecule has 0 aliphatic heterocycles. The summed E-state index contributed by atoms with van der Waals surface area (Å²) in [5.41, 5.74) is 1.21. The molecule has 0 fully saturated rings. The van der Waals surface area contributed by atoms with E-state index < -0.39 is 5.91 Å². The van der Waals surface area contributed by atoms with Crippen LogP contribution in [0.5, 0.6) is 5.88 Å². The van der Waals surface area contributed by atoms with Gasteiger partial charge in [0.2, 0.25) is 5.88 Å². The van der Waals surface area contributed by atoms with Crippen molar-refractivity contribution in [3.8, 4) is 11.6 Å². The average Bonchev–Trinajstić information content (AvgIpc) is 2.71. The fourth-order valence-electron chi connectivity index (χ4n) is 2.46. The minimum Gasteiger partial charge on any atom is -0.478 e. The third-order valence-electron chi connectivity index (χ3n) is 3.93. The molecule has 0 aliphatic carbocycles. The van der Waals surface area contributed by atoms with Crippen LogP contribution in [0.15, 0.2) is 65.8 Å². The lowest BCUT2D eigenvalue weighted by molar-refractivity contribution is 0.0998. The van der Waals surface area contributed by atoms with Gasteiger partial charge < -0.3 is 4.74 Å². The highest BCUT2D eigenvalue weighted by Crippen LogP contribution is 2.23. The van der Waals surface area contributed by atoms with Crippen LogP contribution in [-0.4, -0.2) is 22.3 Å². The number of amides is 1. The normalized spacial score (nSPS) is 11.5. The summed E-state index contributed by atoms with van der Waals surface area (Å²) in [6, 6.07) is 16.0. The van der Waals surface area contributed by atoms with E-state index in [1.54, 1.807) is 22.9 Å². The minimum atomic E-state index is -0.433. The van der Waals surface area contributed by atoms with Gasteiger partial charge in [-0.3, -0.25) is 4.79 Å². The highest BCUT2D eigenvalue weighted by atomic mass is 35.5. The predicted molar refractivity (Wildman–Crippen MR) is 110 cm³/mol. The Morgan fingerprint density at radius 2 is 1.89 bits per heavy atom. The first-order valence-corrected chi connectivity index (χ1v) is 9.66. The van der Waals surface area contributed by atoms with Gasteiger partial charge in [0.25, 0.3) is 5.91 Å². The third-order valence-corrected chi connectivity index (χ3v) is 4.67. The standard InChI is InChI=1S/C21H19Cl2N3O2/c1-2-3-11-28-20-13-16(14-24-26(20)17-7-5-4-6-8-17)25-21(27)15-9-10-18(22)19(23)12-15/h4-10,12-14H,2-3,11H2,1H3/b25-16+. The van der Waals surface area contributed by atoms with E-state index in [0.717, 1.165) is 18.5 Å². The van der Waals surface area contributed by atoms with Gasteiger partial charge in [-0.1, -0.05) is 54.7 Å². The first-order chi connectivity index (χ1) is 13.6. The lowest BCUT2D eigenvalue weighted by Gasteiger charge is -2.13. The fourth-order valence-corrected chi connectivity index (χ4v) is 2.76. The summed E-state index contributed by atoms with van der Waals surface area (Å²) in [5.74, 6) is 0.0835. The molecule has 0 unspecified atom stereocenters. The number of carbonyl (C=O) groups excluding carboxylic acids is 1. The number of nitrogens with zero attached hydrogens (tertiary/aromatic N) is 3. The smallest absolute Gasteiger partial charge is 0.277 e. The van der Waals surface area contributed by atoms with Gasteiger partial charge in [0.05, 0.1) is 33.9 Å². The van der Waals surface area contributed by atoms with Crippen molar-refractivity contribution < 1.29 is 9.53 Å². The van der Waals surface area contributed by atoms with Gasteiger partial charge in [0.15, 0.2) is 0 Å². The number of aromatic nitrogens is 2. The van der Waals surface area contributed by atoms with Crippen LogP contribution in [-0.2, 0) is 0 Å². The molecule has 28 heavy (non-hydrogen) atoms. The molecule has 3 aromatic rings. The van der Waals surface area contributed by atoms with Gasteiger partial charge in [0.1, 0.15) is 0 Å². The number of hydrogen-bond donors (Lipinski definition) is 0. The second-order valence-corrected chi connectivity index (χ2v) is 6.86. The van der Waals surface area contributed by atoms with E-state index in [9.17, 15) is 4.79 Å². The van der Waals surface area contributed by atoms with Gasteiger partial charge >= 0.3 is 0 Å². The molecule has 5 nitrogen and oxygen atoms in total. The van der Waals surface area contributed by atoms with Gasteiger partial charge in [0, 0.05) is 11.6 Å². The number of halogens is 2. The Morgan fingerprint density at radius 1 is 1.11 bits per heavy atom. The lowest BCUT2D eigenvalue weighted by Crippen LogP contribution is -2.15. The monoisotopic (exact) mass is 415 g/mol. The summed E-state index contributed by atoms with van der Waals surface area (Å²) in [4.78, 5) is 16.6. The van der Waals surface area contributed by atoms with Crippen LogP contribution in [0, 0.1) is 0 Å². The molecule has 3 rings (SSSR count). The van der Waals surface area contributed by atoms with Crippen molar-refractivity contribution in [3.63, 3.8) is 0 Å². The van der Waals surface area contributed by atoms with Gasteiger partial charge in [-0.2, -0.15) is 5.10 Å². The van der Waals surface area contributed by atoms with E-state index in [1.807, 2.05) is 30.3 Å². The van der Waals surface area contributed by atoms with Crippen molar-refractivity contribution >= 4 is 29.1 Å². The van der Waals surface area contributed by atoms with Crippen molar-refractivity contribution in [3.05, 3.63) is 81.8 Å². The van der Waals surface area contributed by atoms with E-state index in [0.29, 0.717) is 33.5 Å². The van der Waals surface area contributed by atoms with Crippen molar-refractivity contribution in [1.82, 2.24) is 9.78 Å². The highest BCUT2D eigenvalue weighted by molar-refractivity contribution is 6.42. The number of unbranched alkanes of at least 4 members (excludes halogenated alkanes) is 1. The maximum Gasteiger partial charge on any atom is 0.277 e. The van der Waals surface area contributed by atoms with E-state index in [4.69, 9.17) is 27.9 Å². The van der Waals surface area contributed by atoms with Gasteiger partial charge in [-0.15, -0.1) is 0 Å². The number of para-hydroxylation sites is 1. The van der Waals surface area contributed by atoms with Crippen LogP contribution in [0.25, 0.3) is 5.69 Å². The molecule has 1 heterocycles. The largest absolute Gasteiger partial charge is 0.478 e. The van der Waals surface area contributed by atoms with E-state index >= 15 is 0 Å². The molecule has 0 saturated heterocycles. The Balaban J connectivity index is 1.96. The Labute approximate surface area is 173 Å². The summed E-state index contributed by atoms with van der Waals surface area (Å²) in [6.45, 7) is 2.64. The molecule has 1 aromatic heterocycles. The second kappa shape index (κ2) is 9.53. The molecule has 0 N–H and O–H groups in total. The number of hydrogen-bond acceptors (Lipinski definition) is 3. The minimum absolute atomic E-state index is 0.305. The van der Waals surface area contributed by atoms with E-state index in [-0.39, 0.29) is 0 Å². The van der Waals surface area contributed by atoms with Crippen molar-refractivity contribution in [1.29, 1.82) is 0 Å². The second-order valence-electron chi connectivity index (χ2n) is 6.05. The molecule has 0 saturated carbocycles. The quantitative estimate of drug-likeness (QED) is 0.526. The Kier molecular flexibility index (Phi) is 6.85. The van der Waals surface area contributed by atoms with Crippen LogP contribution in [0.3, 0.4) is 0 Å².